The zero-order valence-electron chi connectivity index (χ0n) is 8.56. The van der Waals surface area contributed by atoms with Crippen LogP contribution in [0, 0.1) is 11.3 Å². The van der Waals surface area contributed by atoms with Crippen molar-refractivity contribution in [2.24, 2.45) is 0 Å². The van der Waals surface area contributed by atoms with Crippen LogP contribution in [-0.2, 0) is 5.41 Å². The SMILES string of the molecule is CC(C)n1cc(C2(C#N)CCC2)nn1. The Labute approximate surface area is 83.5 Å². The number of nitriles is 1. The molecule has 74 valence electrons. The van der Waals surface area contributed by atoms with Crippen LogP contribution in [0.3, 0.4) is 0 Å². The second-order valence-electron chi connectivity index (χ2n) is 4.23. The molecule has 2 rings (SSSR count). The third kappa shape index (κ3) is 1.20. The Morgan fingerprint density at radius 2 is 2.29 bits per heavy atom. The van der Waals surface area contributed by atoms with Gasteiger partial charge in [0.15, 0.2) is 0 Å². The fourth-order valence-electron chi connectivity index (χ4n) is 1.70. The highest BCUT2D eigenvalue weighted by atomic mass is 15.4. The molecular formula is C10H14N4. The first-order valence-corrected chi connectivity index (χ1v) is 5.01. The van der Waals surface area contributed by atoms with E-state index in [0.29, 0.717) is 6.04 Å². The summed E-state index contributed by atoms with van der Waals surface area (Å²) >= 11 is 0. The maximum Gasteiger partial charge on any atom is 0.103 e. The molecule has 1 aliphatic rings. The summed E-state index contributed by atoms with van der Waals surface area (Å²) in [5, 5.41) is 17.2. The molecule has 0 saturated heterocycles. The predicted octanol–water partition coefficient (Wildman–Crippen LogP) is 1.80. The van der Waals surface area contributed by atoms with Crippen LogP contribution in [-0.4, -0.2) is 15.0 Å². The van der Waals surface area contributed by atoms with E-state index >= 15 is 0 Å². The third-order valence-corrected chi connectivity index (χ3v) is 2.95. The maximum absolute atomic E-state index is 9.11. The van der Waals surface area contributed by atoms with Crippen LogP contribution in [0.15, 0.2) is 6.20 Å². The second kappa shape index (κ2) is 3.09. The molecule has 0 aromatic carbocycles. The minimum absolute atomic E-state index is 0.312. The molecule has 0 atom stereocenters. The topological polar surface area (TPSA) is 54.5 Å². The molecule has 1 aromatic heterocycles. The van der Waals surface area contributed by atoms with Crippen LogP contribution in [0.25, 0.3) is 0 Å². The summed E-state index contributed by atoms with van der Waals surface area (Å²) in [6, 6.07) is 2.68. The van der Waals surface area contributed by atoms with Crippen molar-refractivity contribution in [3.8, 4) is 6.07 Å². The average molecular weight is 190 g/mol. The number of aromatic nitrogens is 3. The Morgan fingerprint density at radius 3 is 2.64 bits per heavy atom. The van der Waals surface area contributed by atoms with Crippen molar-refractivity contribution in [3.63, 3.8) is 0 Å². The van der Waals surface area contributed by atoms with Gasteiger partial charge in [-0.05, 0) is 33.1 Å². The number of hydrogen-bond donors (Lipinski definition) is 0. The smallest absolute Gasteiger partial charge is 0.103 e. The van der Waals surface area contributed by atoms with Gasteiger partial charge < -0.3 is 0 Å². The van der Waals surface area contributed by atoms with Crippen LogP contribution in [0.2, 0.25) is 0 Å². The van der Waals surface area contributed by atoms with E-state index in [2.05, 4.69) is 30.2 Å². The Balaban J connectivity index is 2.29. The first kappa shape index (κ1) is 9.20. The lowest BCUT2D eigenvalue weighted by atomic mass is 9.68. The highest BCUT2D eigenvalue weighted by Gasteiger charge is 2.41. The van der Waals surface area contributed by atoms with Gasteiger partial charge in [-0.25, -0.2) is 4.68 Å². The van der Waals surface area contributed by atoms with E-state index in [1.165, 1.54) is 0 Å². The minimum Gasteiger partial charge on any atom is -0.250 e. The van der Waals surface area contributed by atoms with Crippen molar-refractivity contribution in [2.75, 3.05) is 0 Å². The molecule has 1 heterocycles. The van der Waals surface area contributed by atoms with Crippen molar-refractivity contribution >= 4 is 0 Å². The zero-order valence-corrected chi connectivity index (χ0v) is 8.56. The van der Waals surface area contributed by atoms with Crippen molar-refractivity contribution in [3.05, 3.63) is 11.9 Å². The van der Waals surface area contributed by atoms with Crippen molar-refractivity contribution < 1.29 is 0 Å². The van der Waals surface area contributed by atoms with E-state index in [-0.39, 0.29) is 5.41 Å². The summed E-state index contributed by atoms with van der Waals surface area (Å²) in [5.41, 5.74) is 0.521. The molecule has 1 saturated carbocycles. The van der Waals surface area contributed by atoms with Crippen LogP contribution < -0.4 is 0 Å². The summed E-state index contributed by atoms with van der Waals surface area (Å²) < 4.78 is 1.81. The lowest BCUT2D eigenvalue weighted by Gasteiger charge is -2.32. The molecule has 0 amide bonds. The Hall–Kier alpha value is -1.37. The van der Waals surface area contributed by atoms with Gasteiger partial charge in [0.2, 0.25) is 0 Å². The van der Waals surface area contributed by atoms with Crippen LogP contribution in [0.5, 0.6) is 0 Å². The van der Waals surface area contributed by atoms with E-state index in [1.54, 1.807) is 0 Å². The van der Waals surface area contributed by atoms with E-state index in [9.17, 15) is 0 Å². The molecule has 1 aromatic rings. The Bertz CT molecular complexity index is 368. The minimum atomic E-state index is -0.326. The molecule has 0 aliphatic heterocycles. The summed E-state index contributed by atoms with van der Waals surface area (Å²) in [6.45, 7) is 4.11. The first-order valence-electron chi connectivity index (χ1n) is 5.01. The van der Waals surface area contributed by atoms with Crippen molar-refractivity contribution in [2.45, 2.75) is 44.6 Å². The number of nitrogens with zero attached hydrogens (tertiary/aromatic N) is 4. The molecule has 1 fully saturated rings. The van der Waals surface area contributed by atoms with E-state index in [1.807, 2.05) is 10.9 Å². The monoisotopic (exact) mass is 190 g/mol. The molecule has 0 N–H and O–H groups in total. The molecule has 0 spiro atoms. The van der Waals surface area contributed by atoms with E-state index < -0.39 is 0 Å². The molecule has 14 heavy (non-hydrogen) atoms. The normalized spacial score (nSPS) is 19.0. The van der Waals surface area contributed by atoms with Crippen molar-refractivity contribution in [1.29, 1.82) is 5.26 Å². The van der Waals surface area contributed by atoms with E-state index in [4.69, 9.17) is 5.26 Å². The van der Waals surface area contributed by atoms with Gasteiger partial charge in [-0.15, -0.1) is 5.10 Å². The number of rotatable bonds is 2. The molecule has 4 heteroatoms. The molecule has 0 radical (unpaired) electrons. The average Bonchev–Trinajstić information content (AvgIpc) is 2.52. The summed E-state index contributed by atoms with van der Waals surface area (Å²) in [5.74, 6) is 0. The van der Waals surface area contributed by atoms with Crippen LogP contribution in [0.1, 0.15) is 44.8 Å². The van der Waals surface area contributed by atoms with E-state index in [0.717, 1.165) is 25.0 Å². The maximum atomic E-state index is 9.11. The quantitative estimate of drug-likeness (QED) is 0.714. The second-order valence-corrected chi connectivity index (χ2v) is 4.23. The van der Waals surface area contributed by atoms with Gasteiger partial charge in [-0.1, -0.05) is 5.21 Å². The van der Waals surface area contributed by atoms with Crippen molar-refractivity contribution in [1.82, 2.24) is 15.0 Å². The Morgan fingerprint density at radius 1 is 1.57 bits per heavy atom. The summed E-state index contributed by atoms with van der Waals surface area (Å²) in [4.78, 5) is 0. The van der Waals surface area contributed by atoms with Gasteiger partial charge in [0.25, 0.3) is 0 Å². The molecule has 0 unspecified atom stereocenters. The molecule has 4 nitrogen and oxygen atoms in total. The van der Waals surface area contributed by atoms with Gasteiger partial charge in [0, 0.05) is 6.04 Å². The van der Waals surface area contributed by atoms with Gasteiger partial charge in [0.05, 0.1) is 12.3 Å². The molecule has 0 bridgehead atoms. The predicted molar refractivity (Wildman–Crippen MR) is 51.5 cm³/mol. The Kier molecular flexibility index (Phi) is 2.03. The lowest BCUT2D eigenvalue weighted by Crippen LogP contribution is -2.32. The molecule has 1 aliphatic carbocycles. The highest BCUT2D eigenvalue weighted by molar-refractivity contribution is 5.27. The standard InChI is InChI=1S/C10H14N4/c1-8(2)14-6-9(12-13-14)10(7-11)4-3-5-10/h6,8H,3-5H2,1-2H3. The highest BCUT2D eigenvalue weighted by Crippen LogP contribution is 2.42. The van der Waals surface area contributed by atoms with Gasteiger partial charge in [-0.3, -0.25) is 0 Å². The van der Waals surface area contributed by atoms with Gasteiger partial charge >= 0.3 is 0 Å². The largest absolute Gasteiger partial charge is 0.250 e. The van der Waals surface area contributed by atoms with Gasteiger partial charge in [0.1, 0.15) is 11.1 Å². The fourth-order valence-corrected chi connectivity index (χ4v) is 1.70. The summed E-state index contributed by atoms with van der Waals surface area (Å²) in [6.07, 6.45) is 4.90. The van der Waals surface area contributed by atoms with Crippen LogP contribution in [0.4, 0.5) is 0 Å². The first-order chi connectivity index (χ1) is 6.68. The molecular weight excluding hydrogens is 176 g/mol. The fraction of sp³-hybridized carbons (Fsp3) is 0.700. The van der Waals surface area contributed by atoms with Gasteiger partial charge in [-0.2, -0.15) is 5.26 Å². The number of hydrogen-bond acceptors (Lipinski definition) is 3. The summed E-state index contributed by atoms with van der Waals surface area (Å²) in [7, 11) is 0. The van der Waals surface area contributed by atoms with Crippen LogP contribution >= 0.6 is 0 Å². The third-order valence-electron chi connectivity index (χ3n) is 2.95. The zero-order chi connectivity index (χ0) is 10.2. The lowest BCUT2D eigenvalue weighted by molar-refractivity contribution is 0.315.